The van der Waals surface area contributed by atoms with Gasteiger partial charge in [0.05, 0.1) is 16.8 Å². The van der Waals surface area contributed by atoms with Crippen LogP contribution in [0.15, 0.2) is 24.3 Å². The van der Waals surface area contributed by atoms with Crippen LogP contribution in [-0.2, 0) is 25.8 Å². The van der Waals surface area contributed by atoms with Crippen molar-refractivity contribution in [3.63, 3.8) is 0 Å². The third kappa shape index (κ3) is 68.3. The maximum absolute atomic E-state index is 8.52. The van der Waals surface area contributed by atoms with Crippen LogP contribution in [-0.4, -0.2) is 40.2 Å². The monoisotopic (exact) mass is 539 g/mol. The molecule has 1 aromatic rings. The minimum atomic E-state index is -0.981. The zero-order valence-corrected chi connectivity index (χ0v) is 23.2. The second kappa shape index (κ2) is 13.5. The van der Waals surface area contributed by atoms with Gasteiger partial charge in [-0.15, -0.1) is 0 Å². The molecule has 150 valence electrons. The van der Waals surface area contributed by atoms with Crippen LogP contribution >= 0.6 is 0 Å². The van der Waals surface area contributed by atoms with Crippen molar-refractivity contribution in [1.82, 2.24) is 0 Å². The molecule has 0 bridgehead atoms. The quantitative estimate of drug-likeness (QED) is 0.370. The summed E-state index contributed by atoms with van der Waals surface area (Å²) in [6, 6.07) is 8.69. The van der Waals surface area contributed by atoms with Crippen molar-refractivity contribution < 1.29 is 41.2 Å². The predicted octanol–water partition coefficient (Wildman–Crippen LogP) is 4.28. The smallest absolute Gasteiger partial charge is 0.0563 e. The largest absolute Gasteiger partial charge is 0.391 e. The summed E-state index contributed by atoms with van der Waals surface area (Å²) in [4.78, 5) is 0. The van der Waals surface area contributed by atoms with E-state index in [1.54, 1.807) is 67.5 Å². The summed E-state index contributed by atoms with van der Waals surface area (Å²) in [5.74, 6) is 0. The van der Waals surface area contributed by atoms with E-state index < -0.39 is 24.9 Å². The Morgan fingerprint density at radius 1 is 0.600 bits per heavy atom. The molecule has 0 amide bonds. The molecule has 0 atom stereocenters. The van der Waals surface area contributed by atoms with Gasteiger partial charge in [-0.05, 0) is 62.3 Å². The van der Waals surface area contributed by atoms with Crippen LogP contribution in [0.25, 0.3) is 0 Å². The molecule has 5 heteroatoms. The summed E-state index contributed by atoms with van der Waals surface area (Å²) in [7, 11) is -0.981. The van der Waals surface area contributed by atoms with E-state index in [2.05, 4.69) is 43.9 Å². The van der Waals surface area contributed by atoms with Gasteiger partial charge in [-0.25, -0.2) is 12.1 Å². The Morgan fingerprint density at radius 2 is 0.760 bits per heavy atom. The van der Waals surface area contributed by atoms with Crippen molar-refractivity contribution in [3.05, 3.63) is 24.3 Å². The molecule has 3 nitrogen and oxygen atoms in total. The summed E-state index contributed by atoms with van der Waals surface area (Å²) in [5.41, 5.74) is -1.50. The van der Waals surface area contributed by atoms with Crippen LogP contribution < -0.4 is 5.19 Å². The number of hydrogen-bond acceptors (Lipinski definition) is 3. The fraction of sp³-hybridized carbons (Fsp3) is 0.750. The van der Waals surface area contributed by atoms with Gasteiger partial charge in [0, 0.05) is 33.9 Å². The van der Waals surface area contributed by atoms with Crippen molar-refractivity contribution in [2.75, 3.05) is 0 Å². The Morgan fingerprint density at radius 3 is 0.840 bits per heavy atom. The third-order valence-corrected chi connectivity index (χ3v) is 3.59. The zero-order valence-electron chi connectivity index (χ0n) is 18.7. The Hall–Kier alpha value is 0.317. The molecule has 0 unspecified atom stereocenters. The second-order valence-electron chi connectivity index (χ2n) is 9.94. The van der Waals surface area contributed by atoms with Crippen LogP contribution in [0.4, 0.5) is 0 Å². The van der Waals surface area contributed by atoms with Gasteiger partial charge in [-0.3, -0.25) is 0 Å². The van der Waals surface area contributed by atoms with Crippen molar-refractivity contribution in [1.29, 1.82) is 0 Å². The predicted molar refractivity (Wildman–Crippen MR) is 111 cm³/mol. The number of hydrogen-bond donors (Lipinski definition) is 3. The second-order valence-corrected chi connectivity index (χ2v) is 15.0. The van der Waals surface area contributed by atoms with E-state index >= 15 is 0 Å². The molecule has 25 heavy (non-hydrogen) atoms. The van der Waals surface area contributed by atoms with E-state index in [1.165, 1.54) is 0 Å². The Labute approximate surface area is 177 Å². The van der Waals surface area contributed by atoms with Gasteiger partial charge in [-0.2, -0.15) is 17.3 Å². The minimum Gasteiger partial charge on any atom is -0.391 e. The van der Waals surface area contributed by atoms with Crippen LogP contribution in [0.1, 0.15) is 62.3 Å². The average Bonchev–Trinajstić information content (AvgIpc) is 2.58. The Balaban J connectivity index is -0.000000122. The summed E-state index contributed by atoms with van der Waals surface area (Å²) >= 11 is 0. The first kappa shape index (κ1) is 32.9. The molecule has 0 fully saturated rings. The van der Waals surface area contributed by atoms with Gasteiger partial charge in [-0.1, -0.05) is 19.6 Å². The molecule has 0 saturated carbocycles. The first-order chi connectivity index (χ1) is 10.1. The van der Waals surface area contributed by atoms with Crippen molar-refractivity contribution in [2.45, 2.75) is 98.8 Å². The third-order valence-electron chi connectivity index (χ3n) is 1.53. The Kier molecular flexibility index (Phi) is 17.8. The molecule has 1 aromatic carbocycles. The van der Waals surface area contributed by atoms with E-state index in [-0.39, 0.29) is 25.8 Å². The first-order valence-electron chi connectivity index (χ1n) is 8.50. The van der Waals surface area contributed by atoms with Gasteiger partial charge < -0.3 is 15.3 Å². The van der Waals surface area contributed by atoms with Gasteiger partial charge in [0.1, 0.15) is 0 Å². The van der Waals surface area contributed by atoms with Crippen molar-refractivity contribution >= 4 is 13.3 Å². The molecular weight excluding hydrogens is 495 g/mol. The van der Waals surface area contributed by atoms with E-state index in [0.29, 0.717) is 0 Å². The first-order valence-corrected chi connectivity index (χ1v) is 12.0. The normalized spacial score (nSPS) is 11.5. The van der Waals surface area contributed by atoms with Crippen molar-refractivity contribution in [3.8, 4) is 0 Å². The molecule has 0 saturated heterocycles. The van der Waals surface area contributed by atoms with E-state index in [0.717, 1.165) is 0 Å². The molecule has 0 heterocycles. The topological polar surface area (TPSA) is 60.7 Å². The molecule has 0 spiro atoms. The molecule has 3 N–H and O–H groups in total. The number of rotatable bonds is 1. The zero-order chi connectivity index (χ0) is 20.4. The average molecular weight is 538 g/mol. The molecule has 0 aliphatic rings. The van der Waals surface area contributed by atoms with Gasteiger partial charge >= 0.3 is 0 Å². The molecule has 0 radical (unpaired) electrons. The van der Waals surface area contributed by atoms with Crippen LogP contribution in [0.3, 0.4) is 0 Å². The maximum Gasteiger partial charge on any atom is 0.0563 e. The van der Waals surface area contributed by atoms with E-state index in [9.17, 15) is 0 Å². The van der Waals surface area contributed by atoms with Crippen LogP contribution in [0, 0.1) is 0 Å². The van der Waals surface area contributed by atoms with Crippen LogP contribution in [0.5, 0.6) is 0 Å². The van der Waals surface area contributed by atoms with Gasteiger partial charge in [0.15, 0.2) is 0 Å². The van der Waals surface area contributed by atoms with Crippen LogP contribution in [0.2, 0.25) is 19.6 Å². The molecule has 0 aliphatic carbocycles. The summed E-state index contributed by atoms with van der Waals surface area (Å²) in [6.45, 7) is 22.8. The molecule has 0 aromatic heterocycles. The number of aliphatic hydroxyl groups is 3. The SMILES string of the molecule is CC(C)(C)O.CC(C)(C)O.CC(C)(C)O.C[Si](C)(C)[c-]1cccc1.[Hf]. The Bertz CT molecular complexity index is 342. The fourth-order valence-corrected chi connectivity index (χ4v) is 2.07. The summed E-state index contributed by atoms with van der Waals surface area (Å²) in [6.07, 6.45) is 0. The maximum atomic E-state index is 8.52. The fourth-order valence-electron chi connectivity index (χ4n) is 0.874. The van der Waals surface area contributed by atoms with Crippen molar-refractivity contribution in [2.24, 2.45) is 0 Å². The molecular formula is C20H43HfO3Si-. The minimum absolute atomic E-state index is 0. The molecule has 0 aliphatic heterocycles. The summed E-state index contributed by atoms with van der Waals surface area (Å²) < 4.78 is 0. The standard InChI is InChI=1S/C8H13Si.3C4H10O.Hf/c1-9(2,3)8-6-4-5-7-8;3*1-4(2,3)5;/h4-7H,1-3H3;3*5H,1-3H3;/q-1;;;;. The summed E-state index contributed by atoms with van der Waals surface area (Å²) in [5, 5.41) is 27.1. The van der Waals surface area contributed by atoms with E-state index in [4.69, 9.17) is 15.3 Å². The van der Waals surface area contributed by atoms with Gasteiger partial charge in [0.2, 0.25) is 0 Å². The molecule has 1 rings (SSSR count). The van der Waals surface area contributed by atoms with Gasteiger partial charge in [0.25, 0.3) is 0 Å². The van der Waals surface area contributed by atoms with E-state index in [1.807, 2.05) is 0 Å².